The van der Waals surface area contributed by atoms with Crippen LogP contribution in [0.15, 0.2) is 0 Å². The Balaban J connectivity index is 5.24. The SMILES string of the molecule is CCCC[Si](OC(=O)C(C)C[Si](OC)(OC)OC)(C(C)C)C(C)C. The molecule has 1 unspecified atom stereocenters. The summed E-state index contributed by atoms with van der Waals surface area (Å²) in [5, 5.41) is 0. The van der Waals surface area contributed by atoms with E-state index >= 15 is 0 Å². The molecular weight excluding hydrogens is 340 g/mol. The second kappa shape index (κ2) is 10.7. The molecule has 144 valence electrons. The number of rotatable bonds is 12. The summed E-state index contributed by atoms with van der Waals surface area (Å²) in [7, 11) is -0.236. The molecule has 1 atom stereocenters. The molecule has 0 fully saturated rings. The monoisotopic (exact) mass is 378 g/mol. The molecule has 24 heavy (non-hydrogen) atoms. The average Bonchev–Trinajstić information content (AvgIpc) is 2.55. The molecule has 0 amide bonds. The maximum absolute atomic E-state index is 12.8. The maximum atomic E-state index is 12.8. The summed E-state index contributed by atoms with van der Waals surface area (Å²) in [6, 6.07) is 1.46. The maximum Gasteiger partial charge on any atom is 0.501 e. The molecule has 0 N–H and O–H groups in total. The minimum absolute atomic E-state index is 0.136. The predicted octanol–water partition coefficient (Wildman–Crippen LogP) is 4.61. The molecule has 0 aliphatic carbocycles. The quantitative estimate of drug-likeness (QED) is 0.464. The molecule has 0 bridgehead atoms. The molecule has 0 aromatic heterocycles. The molecule has 0 aromatic rings. The van der Waals surface area contributed by atoms with E-state index in [-0.39, 0.29) is 11.9 Å². The lowest BCUT2D eigenvalue weighted by Crippen LogP contribution is -2.49. The van der Waals surface area contributed by atoms with Crippen molar-refractivity contribution in [3.63, 3.8) is 0 Å². The van der Waals surface area contributed by atoms with E-state index in [2.05, 4.69) is 34.6 Å². The largest absolute Gasteiger partial charge is 0.518 e. The van der Waals surface area contributed by atoms with Gasteiger partial charge in [0.2, 0.25) is 0 Å². The number of carbonyl (C=O) groups excluding carboxylic acids is 1. The summed E-state index contributed by atoms with van der Waals surface area (Å²) in [5.74, 6) is -0.439. The van der Waals surface area contributed by atoms with Crippen LogP contribution in [0.1, 0.15) is 54.4 Å². The van der Waals surface area contributed by atoms with Crippen molar-refractivity contribution in [3.8, 4) is 0 Å². The van der Waals surface area contributed by atoms with Crippen molar-refractivity contribution in [3.05, 3.63) is 0 Å². The van der Waals surface area contributed by atoms with Crippen LogP contribution in [0.2, 0.25) is 23.2 Å². The number of hydrogen-bond acceptors (Lipinski definition) is 5. The molecule has 5 nitrogen and oxygen atoms in total. The van der Waals surface area contributed by atoms with Gasteiger partial charge >= 0.3 is 8.80 Å². The van der Waals surface area contributed by atoms with E-state index in [1.54, 1.807) is 21.3 Å². The van der Waals surface area contributed by atoms with Gasteiger partial charge in [0, 0.05) is 27.4 Å². The first-order valence-electron chi connectivity index (χ1n) is 9.02. The Hall–Kier alpha value is -0.216. The van der Waals surface area contributed by atoms with Crippen LogP contribution in [0.5, 0.6) is 0 Å². The fraction of sp³-hybridized carbons (Fsp3) is 0.941. The van der Waals surface area contributed by atoms with Crippen LogP contribution >= 0.6 is 0 Å². The Morgan fingerprint density at radius 2 is 1.38 bits per heavy atom. The van der Waals surface area contributed by atoms with Gasteiger partial charge in [0.1, 0.15) is 0 Å². The Kier molecular flexibility index (Phi) is 10.6. The van der Waals surface area contributed by atoms with Crippen LogP contribution in [0.3, 0.4) is 0 Å². The Bertz CT molecular complexity index is 354. The van der Waals surface area contributed by atoms with Crippen LogP contribution in [-0.4, -0.2) is 44.4 Å². The van der Waals surface area contributed by atoms with Gasteiger partial charge in [-0.3, -0.25) is 4.79 Å². The standard InChI is InChI=1S/C17H38O5Si2/c1-10-11-12-23(14(2)3,15(4)5)22-17(18)16(6)13-24(19-7,20-8)21-9/h14-16H,10-13H2,1-9H3. The second-order valence-corrected chi connectivity index (χ2v) is 15.1. The van der Waals surface area contributed by atoms with Crippen molar-refractivity contribution in [1.29, 1.82) is 0 Å². The third kappa shape index (κ3) is 5.95. The minimum atomic E-state index is -2.78. The summed E-state index contributed by atoms with van der Waals surface area (Å²) in [6.45, 7) is 12.8. The van der Waals surface area contributed by atoms with E-state index in [1.165, 1.54) is 0 Å². The zero-order chi connectivity index (χ0) is 19.0. The molecule has 0 radical (unpaired) electrons. The second-order valence-electron chi connectivity index (χ2n) is 7.19. The van der Waals surface area contributed by atoms with Crippen LogP contribution < -0.4 is 0 Å². The number of unbranched alkanes of at least 4 members (excludes halogenated alkanes) is 1. The lowest BCUT2D eigenvalue weighted by Gasteiger charge is -2.39. The van der Waals surface area contributed by atoms with E-state index < -0.39 is 17.1 Å². The smallest absolute Gasteiger partial charge is 0.501 e. The van der Waals surface area contributed by atoms with Crippen molar-refractivity contribution in [2.75, 3.05) is 21.3 Å². The molecule has 7 heteroatoms. The van der Waals surface area contributed by atoms with Gasteiger partial charge in [-0.05, 0) is 17.1 Å². The van der Waals surface area contributed by atoms with E-state index in [0.29, 0.717) is 17.1 Å². The molecule has 0 aliphatic heterocycles. The Morgan fingerprint density at radius 3 is 1.71 bits per heavy atom. The summed E-state index contributed by atoms with van der Waals surface area (Å²) < 4.78 is 22.6. The van der Waals surface area contributed by atoms with Crippen LogP contribution in [0, 0.1) is 5.92 Å². The Morgan fingerprint density at radius 1 is 0.917 bits per heavy atom. The lowest BCUT2D eigenvalue weighted by molar-refractivity contribution is -0.139. The van der Waals surface area contributed by atoms with Gasteiger partial charge in [0.05, 0.1) is 5.92 Å². The highest BCUT2D eigenvalue weighted by atomic mass is 28.4. The van der Waals surface area contributed by atoms with Crippen LogP contribution in [-0.2, 0) is 22.5 Å². The van der Waals surface area contributed by atoms with Gasteiger partial charge in [-0.1, -0.05) is 54.4 Å². The zero-order valence-corrected chi connectivity index (χ0v) is 19.1. The fourth-order valence-corrected chi connectivity index (χ4v) is 9.69. The van der Waals surface area contributed by atoms with Crippen molar-refractivity contribution in [1.82, 2.24) is 0 Å². The van der Waals surface area contributed by atoms with Crippen molar-refractivity contribution < 1.29 is 22.5 Å². The first-order valence-corrected chi connectivity index (χ1v) is 13.2. The summed E-state index contributed by atoms with van der Waals surface area (Å²) in [5.41, 5.74) is 0.795. The van der Waals surface area contributed by atoms with Gasteiger partial charge < -0.3 is 17.7 Å². The first kappa shape index (κ1) is 23.8. The normalized spacial score (nSPS) is 14.3. The molecule has 0 saturated carbocycles. The highest BCUT2D eigenvalue weighted by Crippen LogP contribution is 2.39. The number of carbonyl (C=O) groups is 1. The van der Waals surface area contributed by atoms with Crippen molar-refractivity contribution in [2.24, 2.45) is 5.92 Å². The Labute approximate surface area is 150 Å². The summed E-state index contributed by atoms with van der Waals surface area (Å²) in [6.07, 6.45) is 2.23. The molecular formula is C17H38O5Si2. The minimum Gasteiger partial charge on any atom is -0.518 e. The fourth-order valence-electron chi connectivity index (χ4n) is 3.23. The van der Waals surface area contributed by atoms with E-state index in [1.807, 2.05) is 6.92 Å². The summed E-state index contributed by atoms with van der Waals surface area (Å²) >= 11 is 0. The van der Waals surface area contributed by atoms with Crippen molar-refractivity contribution in [2.45, 2.75) is 77.6 Å². The predicted molar refractivity (Wildman–Crippen MR) is 103 cm³/mol. The van der Waals surface area contributed by atoms with Crippen LogP contribution in [0.4, 0.5) is 0 Å². The van der Waals surface area contributed by atoms with Gasteiger partial charge in [0.15, 0.2) is 0 Å². The average molecular weight is 379 g/mol. The lowest BCUT2D eigenvalue weighted by atomic mass is 10.2. The number of hydrogen-bond donors (Lipinski definition) is 0. The molecule has 0 rings (SSSR count). The molecule has 0 heterocycles. The third-order valence-corrected chi connectivity index (χ3v) is 13.7. The van der Waals surface area contributed by atoms with E-state index in [9.17, 15) is 4.79 Å². The molecule has 0 saturated heterocycles. The third-order valence-electron chi connectivity index (χ3n) is 5.06. The highest BCUT2D eigenvalue weighted by Gasteiger charge is 2.47. The topological polar surface area (TPSA) is 54.0 Å². The zero-order valence-electron chi connectivity index (χ0n) is 17.1. The first-order chi connectivity index (χ1) is 11.1. The van der Waals surface area contributed by atoms with Gasteiger partial charge in [-0.15, -0.1) is 0 Å². The molecule has 0 aromatic carbocycles. The van der Waals surface area contributed by atoms with Crippen LogP contribution in [0.25, 0.3) is 0 Å². The highest BCUT2D eigenvalue weighted by molar-refractivity contribution is 6.77. The van der Waals surface area contributed by atoms with Crippen molar-refractivity contribution >= 4 is 23.1 Å². The van der Waals surface area contributed by atoms with Gasteiger partial charge in [-0.25, -0.2) is 0 Å². The molecule has 0 spiro atoms. The van der Waals surface area contributed by atoms with Gasteiger partial charge in [-0.2, -0.15) is 0 Å². The molecule has 0 aliphatic rings. The van der Waals surface area contributed by atoms with E-state index in [0.717, 1.165) is 18.9 Å². The summed E-state index contributed by atoms with van der Waals surface area (Å²) in [4.78, 5) is 12.8. The van der Waals surface area contributed by atoms with Gasteiger partial charge in [0.25, 0.3) is 14.3 Å². The van der Waals surface area contributed by atoms with E-state index in [4.69, 9.17) is 17.7 Å².